The van der Waals surface area contributed by atoms with Crippen LogP contribution in [0.15, 0.2) is 60.9 Å². The number of amides is 2. The van der Waals surface area contributed by atoms with Crippen molar-refractivity contribution in [2.75, 3.05) is 47.9 Å². The molecule has 0 radical (unpaired) electrons. The molecule has 6 rings (SSSR count). The molecule has 0 atom stereocenters. The molecule has 2 aliphatic heterocycles. The first-order chi connectivity index (χ1) is 20.1. The van der Waals surface area contributed by atoms with E-state index in [0.717, 1.165) is 48.3 Å². The summed E-state index contributed by atoms with van der Waals surface area (Å²) in [5, 5.41) is 20.4. The summed E-state index contributed by atoms with van der Waals surface area (Å²) in [4.78, 5) is 32.3. The van der Waals surface area contributed by atoms with Crippen LogP contribution in [0, 0.1) is 0 Å². The third-order valence-electron chi connectivity index (χ3n) is 7.29. The number of anilines is 3. The summed E-state index contributed by atoms with van der Waals surface area (Å²) in [7, 11) is 1.88. The fourth-order valence-corrected chi connectivity index (χ4v) is 5.43. The van der Waals surface area contributed by atoms with E-state index in [4.69, 9.17) is 9.84 Å². The highest BCUT2D eigenvalue weighted by molar-refractivity contribution is 6.05. The summed E-state index contributed by atoms with van der Waals surface area (Å²) in [6.45, 7) is 10.2. The van der Waals surface area contributed by atoms with Gasteiger partial charge in [0, 0.05) is 73.9 Å². The monoisotopic (exact) mass is 571 g/mol. The Morgan fingerprint density at radius 1 is 1.14 bits per heavy atom. The molecule has 0 aliphatic carbocycles. The number of aromatic carboxylic acids is 1. The number of hydrogen-bond acceptors (Lipinski definition) is 7. The molecule has 2 aromatic heterocycles. The normalized spacial score (nSPS) is 15.5. The molecular weight excluding hydrogens is 534 g/mol. The van der Waals surface area contributed by atoms with Crippen LogP contribution in [0.25, 0.3) is 10.9 Å². The van der Waals surface area contributed by atoms with Crippen LogP contribution in [0.3, 0.4) is 0 Å². The third-order valence-corrected chi connectivity index (χ3v) is 7.29. The van der Waals surface area contributed by atoms with Gasteiger partial charge in [-0.25, -0.2) is 14.6 Å². The van der Waals surface area contributed by atoms with Crippen molar-refractivity contribution in [3.63, 3.8) is 0 Å². The van der Waals surface area contributed by atoms with Crippen molar-refractivity contribution in [1.29, 1.82) is 0 Å². The zero-order valence-electron chi connectivity index (χ0n) is 24.4. The summed E-state index contributed by atoms with van der Waals surface area (Å²) >= 11 is 0. The molecule has 1 saturated heterocycles. The average Bonchev–Trinajstić information content (AvgIpc) is 3.56. The quantitative estimate of drug-likeness (QED) is 0.319. The van der Waals surface area contributed by atoms with Crippen LogP contribution in [-0.4, -0.2) is 70.2 Å². The van der Waals surface area contributed by atoms with Gasteiger partial charge in [-0.2, -0.15) is 5.10 Å². The number of benzene rings is 2. The minimum Gasteiger partial charge on any atom is -0.492 e. The highest BCUT2D eigenvalue weighted by atomic mass is 16.5. The summed E-state index contributed by atoms with van der Waals surface area (Å²) < 4.78 is 7.55. The number of nitrogens with zero attached hydrogens (tertiary/aromatic N) is 5. The van der Waals surface area contributed by atoms with Crippen molar-refractivity contribution in [3.05, 3.63) is 72.1 Å². The molecular formula is C31H37N7O4. The number of nitrogens with one attached hydrogen (secondary N) is 2. The molecule has 1 fully saturated rings. The molecule has 3 N–H and O–H groups in total. The fraction of sp³-hybridized carbons (Fsp3) is 0.355. The summed E-state index contributed by atoms with van der Waals surface area (Å²) in [6, 6.07) is 13.9. The number of urea groups is 1. The maximum absolute atomic E-state index is 13.3. The molecule has 11 nitrogen and oxygen atoms in total. The summed E-state index contributed by atoms with van der Waals surface area (Å²) in [6.07, 6.45) is 4.52. The lowest BCUT2D eigenvalue weighted by Gasteiger charge is -2.41. The molecule has 0 unspecified atom stereocenters. The Kier molecular flexibility index (Phi) is 8.30. The molecule has 0 bridgehead atoms. The van der Waals surface area contributed by atoms with Gasteiger partial charge in [0.1, 0.15) is 11.6 Å². The van der Waals surface area contributed by atoms with Gasteiger partial charge in [-0.3, -0.25) is 9.58 Å². The first-order valence-electron chi connectivity index (χ1n) is 14.1. The van der Waals surface area contributed by atoms with E-state index in [1.54, 1.807) is 39.9 Å². The van der Waals surface area contributed by atoms with Gasteiger partial charge >= 0.3 is 12.0 Å². The van der Waals surface area contributed by atoms with Crippen molar-refractivity contribution in [3.8, 4) is 5.75 Å². The lowest BCUT2D eigenvalue weighted by Crippen LogP contribution is -2.57. The average molecular weight is 572 g/mol. The molecule has 2 amide bonds. The number of hydrogen-bond donors (Lipinski definition) is 3. The van der Waals surface area contributed by atoms with Crippen LogP contribution in [0.2, 0.25) is 0 Å². The standard InChI is InChI=1S/C24H31N7O2.C7H6O2/c1-5-33-21-13-18-16(14-29(4)28-18)12-19(21)27-23(32)31-10-7-17-20(6-8-25-22(17)31)30-11-9-26-24(2,3)15-30;8-7(9)6-4-2-1-3-5-6/h6,8,12-14,26H,5,7,9-11,15H2,1-4H3,(H,27,32);1-5H,(H,8,9). The van der Waals surface area contributed by atoms with Crippen LogP contribution in [0.1, 0.15) is 36.7 Å². The smallest absolute Gasteiger partial charge is 0.335 e. The van der Waals surface area contributed by atoms with Gasteiger partial charge in [0.25, 0.3) is 0 Å². The van der Waals surface area contributed by atoms with E-state index in [0.29, 0.717) is 30.2 Å². The summed E-state index contributed by atoms with van der Waals surface area (Å²) in [5.41, 5.74) is 4.16. The van der Waals surface area contributed by atoms with Crippen molar-refractivity contribution in [1.82, 2.24) is 20.1 Å². The number of carboxylic acids is 1. The number of rotatable bonds is 5. The second-order valence-corrected chi connectivity index (χ2v) is 11.0. The predicted molar refractivity (Wildman–Crippen MR) is 164 cm³/mol. The lowest BCUT2D eigenvalue weighted by atomic mass is 10.0. The van der Waals surface area contributed by atoms with Gasteiger partial charge in [0.15, 0.2) is 0 Å². The molecule has 4 aromatic rings. The Hall–Kier alpha value is -4.64. The lowest BCUT2D eigenvalue weighted by molar-refractivity contribution is 0.0697. The Labute approximate surface area is 245 Å². The van der Waals surface area contributed by atoms with Crippen molar-refractivity contribution in [2.45, 2.75) is 32.7 Å². The van der Waals surface area contributed by atoms with Crippen LogP contribution >= 0.6 is 0 Å². The van der Waals surface area contributed by atoms with Gasteiger partial charge in [0.05, 0.1) is 23.4 Å². The highest BCUT2D eigenvalue weighted by Crippen LogP contribution is 2.36. The Bertz CT molecular complexity index is 1590. The van der Waals surface area contributed by atoms with Crippen molar-refractivity contribution < 1.29 is 19.4 Å². The molecule has 2 aliphatic rings. The molecule has 0 saturated carbocycles. The summed E-state index contributed by atoms with van der Waals surface area (Å²) in [5.74, 6) is 0.471. The minimum atomic E-state index is -0.879. The molecule has 220 valence electrons. The molecule has 2 aromatic carbocycles. The van der Waals surface area contributed by atoms with Gasteiger partial charge in [-0.1, -0.05) is 18.2 Å². The zero-order chi connectivity index (χ0) is 29.9. The van der Waals surface area contributed by atoms with Gasteiger partial charge < -0.3 is 25.4 Å². The van der Waals surface area contributed by atoms with Crippen LogP contribution in [0.4, 0.5) is 22.0 Å². The van der Waals surface area contributed by atoms with Gasteiger partial charge in [-0.15, -0.1) is 0 Å². The topological polar surface area (TPSA) is 125 Å². The number of carbonyl (C=O) groups is 2. The second-order valence-electron chi connectivity index (χ2n) is 11.0. The second kappa shape index (κ2) is 12.1. The number of pyridine rings is 1. The number of carboxylic acid groups (broad SMARTS) is 1. The highest BCUT2D eigenvalue weighted by Gasteiger charge is 2.33. The Balaban J connectivity index is 0.000000336. The molecule has 4 heterocycles. The van der Waals surface area contributed by atoms with E-state index < -0.39 is 5.97 Å². The van der Waals surface area contributed by atoms with Crippen LogP contribution in [-0.2, 0) is 13.5 Å². The van der Waals surface area contributed by atoms with Gasteiger partial charge in [-0.05, 0) is 51.5 Å². The Morgan fingerprint density at radius 3 is 2.62 bits per heavy atom. The SMILES string of the molecule is CCOc1cc2nn(C)cc2cc1NC(=O)N1CCc2c(N3CCNC(C)(C)C3)ccnc21.O=C(O)c1ccccc1. The first-order valence-corrected chi connectivity index (χ1v) is 14.1. The largest absolute Gasteiger partial charge is 0.492 e. The van der Waals surface area contributed by atoms with Crippen molar-refractivity contribution in [2.24, 2.45) is 7.05 Å². The number of aryl methyl sites for hydroxylation is 1. The maximum Gasteiger partial charge on any atom is 0.335 e. The first kappa shape index (κ1) is 28.9. The minimum absolute atomic E-state index is 0.0463. The zero-order valence-corrected chi connectivity index (χ0v) is 24.4. The predicted octanol–water partition coefficient (Wildman–Crippen LogP) is 4.53. The van der Waals surface area contributed by atoms with E-state index in [1.165, 1.54) is 5.69 Å². The van der Waals surface area contributed by atoms with E-state index >= 15 is 0 Å². The molecule has 11 heteroatoms. The van der Waals surface area contributed by atoms with Crippen LogP contribution in [0.5, 0.6) is 5.75 Å². The molecule has 0 spiro atoms. The fourth-order valence-electron chi connectivity index (χ4n) is 5.43. The van der Waals surface area contributed by atoms with E-state index in [-0.39, 0.29) is 11.6 Å². The number of carbonyl (C=O) groups excluding carboxylic acids is 1. The Morgan fingerprint density at radius 2 is 1.93 bits per heavy atom. The maximum atomic E-state index is 13.3. The number of aromatic nitrogens is 3. The number of ether oxygens (including phenoxy) is 1. The van der Waals surface area contributed by atoms with E-state index in [2.05, 4.69) is 45.5 Å². The number of fused-ring (bicyclic) bond motifs is 2. The van der Waals surface area contributed by atoms with Gasteiger partial charge in [0.2, 0.25) is 0 Å². The third kappa shape index (κ3) is 6.31. The number of piperazine rings is 1. The van der Waals surface area contributed by atoms with Crippen molar-refractivity contribution >= 4 is 40.1 Å². The van der Waals surface area contributed by atoms with Crippen LogP contribution < -0.4 is 25.2 Å². The van der Waals surface area contributed by atoms with E-state index in [9.17, 15) is 9.59 Å². The molecule has 42 heavy (non-hydrogen) atoms. The van der Waals surface area contributed by atoms with E-state index in [1.807, 2.05) is 38.5 Å².